The molecule has 2 fully saturated rings. The summed E-state index contributed by atoms with van der Waals surface area (Å²) in [7, 11) is 2.27. The Morgan fingerprint density at radius 2 is 1.89 bits per heavy atom. The number of nitrogens with zero attached hydrogens (tertiary/aromatic N) is 1. The van der Waals surface area contributed by atoms with E-state index >= 15 is 0 Å². The lowest BCUT2D eigenvalue weighted by atomic mass is 9.69. The molecular formula is C15H21BrN2. The van der Waals surface area contributed by atoms with Crippen molar-refractivity contribution in [3.63, 3.8) is 0 Å². The molecule has 18 heavy (non-hydrogen) atoms. The lowest BCUT2D eigenvalue weighted by Gasteiger charge is -2.39. The first kappa shape index (κ1) is 12.6. The molecule has 0 amide bonds. The Labute approximate surface area is 118 Å². The normalized spacial score (nSPS) is 27.8. The Bertz CT molecular complexity index is 409. The van der Waals surface area contributed by atoms with Gasteiger partial charge in [-0.1, -0.05) is 28.1 Å². The maximum absolute atomic E-state index is 3.53. The van der Waals surface area contributed by atoms with Gasteiger partial charge in [-0.05, 0) is 56.1 Å². The van der Waals surface area contributed by atoms with Gasteiger partial charge in [-0.15, -0.1) is 0 Å². The van der Waals surface area contributed by atoms with E-state index in [0.717, 1.165) is 0 Å². The molecule has 98 valence electrons. The largest absolute Gasteiger partial charge is 0.317 e. The van der Waals surface area contributed by atoms with Crippen LogP contribution in [0.3, 0.4) is 0 Å². The molecule has 1 aromatic rings. The van der Waals surface area contributed by atoms with E-state index in [1.807, 2.05) is 0 Å². The van der Waals surface area contributed by atoms with E-state index in [0.29, 0.717) is 11.3 Å². The zero-order chi connectivity index (χ0) is 12.6. The highest BCUT2D eigenvalue weighted by molar-refractivity contribution is 9.10. The zero-order valence-electron chi connectivity index (χ0n) is 11.0. The van der Waals surface area contributed by atoms with Crippen molar-refractivity contribution in [2.45, 2.75) is 18.8 Å². The highest BCUT2D eigenvalue weighted by atomic mass is 79.9. The molecular weight excluding hydrogens is 288 g/mol. The Hall–Kier alpha value is -0.380. The number of halogens is 1. The number of piperidine rings is 1. The highest BCUT2D eigenvalue weighted by Crippen LogP contribution is 2.48. The van der Waals surface area contributed by atoms with E-state index in [2.05, 4.69) is 57.5 Å². The van der Waals surface area contributed by atoms with E-state index in [9.17, 15) is 0 Å². The van der Waals surface area contributed by atoms with Gasteiger partial charge in [0.25, 0.3) is 0 Å². The second-order valence-corrected chi connectivity index (χ2v) is 6.83. The Kier molecular flexibility index (Phi) is 3.48. The molecule has 2 heterocycles. The smallest absolute Gasteiger partial charge is 0.0175 e. The lowest BCUT2D eigenvalue weighted by molar-refractivity contribution is 0.187. The third-order valence-electron chi connectivity index (χ3n) is 4.69. The maximum atomic E-state index is 3.53. The topological polar surface area (TPSA) is 15.3 Å². The van der Waals surface area contributed by atoms with Crippen LogP contribution >= 0.6 is 15.9 Å². The molecule has 1 spiro atoms. The molecule has 0 bridgehead atoms. The van der Waals surface area contributed by atoms with Crippen molar-refractivity contribution in [1.29, 1.82) is 0 Å². The molecule has 1 unspecified atom stereocenters. The molecule has 1 aromatic carbocycles. The van der Waals surface area contributed by atoms with Crippen molar-refractivity contribution in [2.75, 3.05) is 33.2 Å². The van der Waals surface area contributed by atoms with Gasteiger partial charge in [-0.2, -0.15) is 0 Å². The number of nitrogens with one attached hydrogen (secondary N) is 1. The second-order valence-electron chi connectivity index (χ2n) is 5.91. The highest BCUT2D eigenvalue weighted by Gasteiger charge is 2.46. The fraction of sp³-hybridized carbons (Fsp3) is 0.600. The first-order chi connectivity index (χ1) is 8.70. The molecule has 3 rings (SSSR count). The molecule has 2 aliphatic rings. The fourth-order valence-electron chi connectivity index (χ4n) is 3.80. The Balaban J connectivity index is 1.90. The first-order valence-electron chi connectivity index (χ1n) is 6.84. The summed E-state index contributed by atoms with van der Waals surface area (Å²) >= 11 is 3.53. The summed E-state index contributed by atoms with van der Waals surface area (Å²) in [6.45, 7) is 4.83. The van der Waals surface area contributed by atoms with Gasteiger partial charge in [0.05, 0.1) is 0 Å². The number of hydrogen-bond donors (Lipinski definition) is 1. The van der Waals surface area contributed by atoms with Gasteiger partial charge < -0.3 is 10.2 Å². The van der Waals surface area contributed by atoms with E-state index in [-0.39, 0.29) is 0 Å². The van der Waals surface area contributed by atoms with Crippen LogP contribution in [0.2, 0.25) is 0 Å². The van der Waals surface area contributed by atoms with E-state index in [4.69, 9.17) is 0 Å². The molecule has 0 radical (unpaired) electrons. The molecule has 3 heteroatoms. The minimum atomic E-state index is 0.508. The molecule has 0 aromatic heterocycles. The number of likely N-dealkylation sites (N-methyl/N-ethyl adjacent to an activating group) is 1. The van der Waals surface area contributed by atoms with Gasteiger partial charge >= 0.3 is 0 Å². The molecule has 2 nitrogen and oxygen atoms in total. The van der Waals surface area contributed by atoms with Crippen LogP contribution in [0.1, 0.15) is 24.3 Å². The van der Waals surface area contributed by atoms with Crippen molar-refractivity contribution in [3.05, 3.63) is 34.3 Å². The summed E-state index contributed by atoms with van der Waals surface area (Å²) in [5, 5.41) is 3.51. The van der Waals surface area contributed by atoms with Crippen LogP contribution in [0, 0.1) is 5.41 Å². The van der Waals surface area contributed by atoms with Gasteiger partial charge in [-0.25, -0.2) is 0 Å². The van der Waals surface area contributed by atoms with Crippen molar-refractivity contribution in [2.24, 2.45) is 5.41 Å². The van der Waals surface area contributed by atoms with Gasteiger partial charge in [0.15, 0.2) is 0 Å². The molecule has 2 saturated heterocycles. The second kappa shape index (κ2) is 4.95. The summed E-state index contributed by atoms with van der Waals surface area (Å²) in [5.74, 6) is 0.706. The van der Waals surface area contributed by atoms with Crippen LogP contribution in [0.15, 0.2) is 28.7 Å². The third-order valence-corrected chi connectivity index (χ3v) is 5.22. The quantitative estimate of drug-likeness (QED) is 0.858. The molecule has 0 aliphatic carbocycles. The number of rotatable bonds is 1. The predicted octanol–water partition coefficient (Wildman–Crippen LogP) is 2.85. The van der Waals surface area contributed by atoms with E-state index in [1.165, 1.54) is 49.1 Å². The van der Waals surface area contributed by atoms with Crippen LogP contribution in [-0.4, -0.2) is 38.1 Å². The summed E-state index contributed by atoms with van der Waals surface area (Å²) in [6.07, 6.45) is 2.64. The summed E-state index contributed by atoms with van der Waals surface area (Å²) < 4.78 is 1.18. The van der Waals surface area contributed by atoms with Crippen molar-refractivity contribution < 1.29 is 0 Å². The van der Waals surface area contributed by atoms with Gasteiger partial charge in [0, 0.05) is 23.5 Å². The van der Waals surface area contributed by atoms with Gasteiger partial charge in [0.2, 0.25) is 0 Å². The van der Waals surface area contributed by atoms with Crippen LogP contribution < -0.4 is 5.32 Å². The van der Waals surface area contributed by atoms with Crippen molar-refractivity contribution in [1.82, 2.24) is 10.2 Å². The summed E-state index contributed by atoms with van der Waals surface area (Å²) in [4.78, 5) is 2.51. The number of likely N-dealkylation sites (tertiary alicyclic amines) is 1. The van der Waals surface area contributed by atoms with Crippen LogP contribution in [0.25, 0.3) is 0 Å². The number of hydrogen-bond acceptors (Lipinski definition) is 2. The first-order valence-corrected chi connectivity index (χ1v) is 7.64. The standard InChI is InChI=1S/C15H21BrN2/c1-18-10-14(12-2-4-13(16)5-3-12)15(11-18)6-8-17-9-7-15/h2-5,14,17H,6-11H2,1H3. The molecule has 2 aliphatic heterocycles. The third kappa shape index (κ3) is 2.24. The minimum Gasteiger partial charge on any atom is -0.317 e. The average molecular weight is 309 g/mol. The van der Waals surface area contributed by atoms with Crippen molar-refractivity contribution >= 4 is 15.9 Å². The fourth-order valence-corrected chi connectivity index (χ4v) is 4.07. The Morgan fingerprint density at radius 3 is 2.56 bits per heavy atom. The molecule has 0 saturated carbocycles. The van der Waals surface area contributed by atoms with Crippen LogP contribution in [0.4, 0.5) is 0 Å². The number of benzene rings is 1. The zero-order valence-corrected chi connectivity index (χ0v) is 12.5. The summed E-state index contributed by atoms with van der Waals surface area (Å²) in [6, 6.07) is 8.97. The lowest BCUT2D eigenvalue weighted by Crippen LogP contribution is -2.41. The maximum Gasteiger partial charge on any atom is 0.0175 e. The predicted molar refractivity (Wildman–Crippen MR) is 78.9 cm³/mol. The van der Waals surface area contributed by atoms with E-state index < -0.39 is 0 Å². The van der Waals surface area contributed by atoms with Gasteiger partial charge in [-0.3, -0.25) is 0 Å². The molecule has 1 N–H and O–H groups in total. The average Bonchev–Trinajstić information content (AvgIpc) is 2.68. The monoisotopic (exact) mass is 308 g/mol. The molecule has 1 atom stereocenters. The minimum absolute atomic E-state index is 0.508. The van der Waals surface area contributed by atoms with E-state index in [1.54, 1.807) is 0 Å². The Morgan fingerprint density at radius 1 is 1.22 bits per heavy atom. The van der Waals surface area contributed by atoms with Crippen molar-refractivity contribution in [3.8, 4) is 0 Å². The van der Waals surface area contributed by atoms with Crippen LogP contribution in [0.5, 0.6) is 0 Å². The van der Waals surface area contributed by atoms with Crippen LogP contribution in [-0.2, 0) is 0 Å². The van der Waals surface area contributed by atoms with Gasteiger partial charge in [0.1, 0.15) is 0 Å². The summed E-state index contributed by atoms with van der Waals surface area (Å²) in [5.41, 5.74) is 2.03. The SMILES string of the molecule is CN1CC(c2ccc(Br)cc2)C2(CCNCC2)C1.